The van der Waals surface area contributed by atoms with Crippen molar-refractivity contribution in [3.8, 4) is 18.2 Å². The lowest BCUT2D eigenvalue weighted by atomic mass is 10.2. The third-order valence-corrected chi connectivity index (χ3v) is 4.65. The lowest BCUT2D eigenvalue weighted by Gasteiger charge is -2.18. The first-order chi connectivity index (χ1) is 9.98. The van der Waals surface area contributed by atoms with Gasteiger partial charge in [0.25, 0.3) is 10.0 Å². The van der Waals surface area contributed by atoms with Crippen molar-refractivity contribution in [2.45, 2.75) is 11.8 Å². The van der Waals surface area contributed by atoms with Gasteiger partial charge in [-0.05, 0) is 43.3 Å². The van der Waals surface area contributed by atoms with Gasteiger partial charge >= 0.3 is 0 Å². The van der Waals surface area contributed by atoms with Crippen molar-refractivity contribution >= 4 is 15.7 Å². The summed E-state index contributed by atoms with van der Waals surface area (Å²) >= 11 is 0. The average molecular weight is 301 g/mol. The van der Waals surface area contributed by atoms with E-state index in [1.54, 1.807) is 48.5 Å². The van der Waals surface area contributed by atoms with Gasteiger partial charge in [-0.25, -0.2) is 8.42 Å². The number of hydrogen-bond acceptors (Lipinski definition) is 3. The predicted octanol–water partition coefficient (Wildman–Crippen LogP) is 2.79. The summed E-state index contributed by atoms with van der Waals surface area (Å²) in [6, 6.07) is 15.3. The SMILES string of the molecule is C#CN(c1ccc(OC)cc1)S(=O)(=O)c1ccc(C)cc1. The number of aryl methyl sites for hydroxylation is 1. The molecule has 4 nitrogen and oxygen atoms in total. The number of benzene rings is 2. The summed E-state index contributed by atoms with van der Waals surface area (Å²) in [4.78, 5) is 0.155. The first-order valence-electron chi connectivity index (χ1n) is 6.21. The van der Waals surface area contributed by atoms with Gasteiger partial charge in [-0.3, -0.25) is 0 Å². The van der Waals surface area contributed by atoms with Gasteiger partial charge in [0.1, 0.15) is 5.75 Å². The number of rotatable bonds is 4. The van der Waals surface area contributed by atoms with Crippen molar-refractivity contribution < 1.29 is 13.2 Å². The van der Waals surface area contributed by atoms with E-state index in [1.807, 2.05) is 6.92 Å². The number of sulfonamides is 1. The molecular formula is C16H15NO3S. The van der Waals surface area contributed by atoms with E-state index in [-0.39, 0.29) is 4.90 Å². The molecule has 0 amide bonds. The molecule has 0 aliphatic carbocycles. The quantitative estimate of drug-likeness (QED) is 0.644. The monoisotopic (exact) mass is 301 g/mol. The standard InChI is InChI=1S/C16H15NO3S/c1-4-17(14-7-9-15(20-3)10-8-14)21(18,19)16-11-5-13(2)6-12-16/h1,5-12H,2-3H3. The summed E-state index contributed by atoms with van der Waals surface area (Å²) in [6.07, 6.45) is 5.39. The van der Waals surface area contributed by atoms with Gasteiger partial charge in [0.05, 0.1) is 17.7 Å². The van der Waals surface area contributed by atoms with Gasteiger partial charge in [0.2, 0.25) is 0 Å². The van der Waals surface area contributed by atoms with E-state index in [1.165, 1.54) is 7.11 Å². The molecule has 0 bridgehead atoms. The molecule has 0 saturated carbocycles. The molecule has 0 aliphatic rings. The van der Waals surface area contributed by atoms with E-state index in [0.717, 1.165) is 9.87 Å². The van der Waals surface area contributed by atoms with Crippen LogP contribution in [0.5, 0.6) is 5.75 Å². The fourth-order valence-electron chi connectivity index (χ4n) is 1.82. The minimum absolute atomic E-state index is 0.155. The summed E-state index contributed by atoms with van der Waals surface area (Å²) in [5.74, 6) is 0.628. The second-order valence-electron chi connectivity index (χ2n) is 4.41. The average Bonchev–Trinajstić information content (AvgIpc) is 2.49. The van der Waals surface area contributed by atoms with E-state index in [0.29, 0.717) is 11.4 Å². The van der Waals surface area contributed by atoms with Crippen LogP contribution in [-0.2, 0) is 10.0 Å². The Hall–Kier alpha value is -2.45. The lowest BCUT2D eigenvalue weighted by molar-refractivity contribution is 0.415. The zero-order chi connectivity index (χ0) is 15.5. The van der Waals surface area contributed by atoms with E-state index in [4.69, 9.17) is 11.2 Å². The highest BCUT2D eigenvalue weighted by molar-refractivity contribution is 7.93. The van der Waals surface area contributed by atoms with Crippen LogP contribution in [0.15, 0.2) is 53.4 Å². The third kappa shape index (κ3) is 3.01. The Morgan fingerprint density at radius 2 is 1.62 bits per heavy atom. The van der Waals surface area contributed by atoms with Crippen LogP contribution < -0.4 is 9.04 Å². The summed E-state index contributed by atoms with van der Waals surface area (Å²) in [6.45, 7) is 1.89. The van der Waals surface area contributed by atoms with E-state index in [9.17, 15) is 8.42 Å². The second kappa shape index (κ2) is 5.90. The van der Waals surface area contributed by atoms with Crippen LogP contribution in [0.3, 0.4) is 0 Å². The Morgan fingerprint density at radius 1 is 1.05 bits per heavy atom. The molecule has 0 heterocycles. The molecule has 0 unspecified atom stereocenters. The van der Waals surface area contributed by atoms with Crippen molar-refractivity contribution in [3.05, 3.63) is 54.1 Å². The zero-order valence-electron chi connectivity index (χ0n) is 11.8. The Morgan fingerprint density at radius 3 is 2.10 bits per heavy atom. The second-order valence-corrected chi connectivity index (χ2v) is 6.20. The first kappa shape index (κ1) is 14.9. The minimum Gasteiger partial charge on any atom is -0.497 e. The Labute approximate surface area is 125 Å². The van der Waals surface area contributed by atoms with E-state index < -0.39 is 10.0 Å². The topological polar surface area (TPSA) is 46.6 Å². The minimum atomic E-state index is -3.78. The van der Waals surface area contributed by atoms with Gasteiger partial charge in [0.15, 0.2) is 0 Å². The highest BCUT2D eigenvalue weighted by atomic mass is 32.2. The summed E-state index contributed by atoms with van der Waals surface area (Å²) in [5.41, 5.74) is 1.37. The van der Waals surface area contributed by atoms with Crippen LogP contribution in [0, 0.1) is 19.4 Å². The molecule has 5 heteroatoms. The molecule has 0 aliphatic heterocycles. The fraction of sp³-hybridized carbons (Fsp3) is 0.125. The van der Waals surface area contributed by atoms with Crippen molar-refractivity contribution in [1.29, 1.82) is 0 Å². The van der Waals surface area contributed by atoms with E-state index >= 15 is 0 Å². The summed E-state index contributed by atoms with van der Waals surface area (Å²) in [5, 5.41) is 0. The normalized spacial score (nSPS) is 10.7. The molecule has 0 saturated heterocycles. The molecule has 21 heavy (non-hydrogen) atoms. The van der Waals surface area contributed by atoms with Crippen LogP contribution >= 0.6 is 0 Å². The maximum absolute atomic E-state index is 12.6. The fourth-order valence-corrected chi connectivity index (χ4v) is 3.04. The molecule has 0 radical (unpaired) electrons. The Balaban J connectivity index is 2.44. The zero-order valence-corrected chi connectivity index (χ0v) is 12.6. The summed E-state index contributed by atoms with van der Waals surface area (Å²) in [7, 11) is -2.25. The van der Waals surface area contributed by atoms with Crippen LogP contribution in [0.1, 0.15) is 5.56 Å². The van der Waals surface area contributed by atoms with Gasteiger partial charge in [-0.2, -0.15) is 4.31 Å². The molecule has 108 valence electrons. The van der Waals surface area contributed by atoms with Gasteiger partial charge < -0.3 is 4.74 Å². The van der Waals surface area contributed by atoms with Crippen LogP contribution in [0.2, 0.25) is 0 Å². The number of ether oxygens (including phenoxy) is 1. The van der Waals surface area contributed by atoms with Gasteiger partial charge in [0, 0.05) is 6.04 Å². The number of anilines is 1. The lowest BCUT2D eigenvalue weighted by Crippen LogP contribution is -2.25. The molecule has 2 aromatic carbocycles. The molecule has 2 aromatic rings. The number of methoxy groups -OCH3 is 1. The molecular weight excluding hydrogens is 286 g/mol. The van der Waals surface area contributed by atoms with Crippen molar-refractivity contribution in [3.63, 3.8) is 0 Å². The van der Waals surface area contributed by atoms with Gasteiger partial charge in [-0.15, -0.1) is 0 Å². The predicted molar refractivity (Wildman–Crippen MR) is 82.7 cm³/mol. The smallest absolute Gasteiger partial charge is 0.275 e. The molecule has 0 aromatic heterocycles. The number of terminal acetylenes is 1. The maximum Gasteiger partial charge on any atom is 0.275 e. The summed E-state index contributed by atoms with van der Waals surface area (Å²) < 4.78 is 31.1. The Kier molecular flexibility index (Phi) is 4.20. The maximum atomic E-state index is 12.6. The molecule has 0 N–H and O–H groups in total. The first-order valence-corrected chi connectivity index (χ1v) is 7.65. The van der Waals surface area contributed by atoms with Crippen molar-refractivity contribution in [2.75, 3.05) is 11.4 Å². The molecule has 0 fully saturated rings. The van der Waals surface area contributed by atoms with Crippen molar-refractivity contribution in [2.24, 2.45) is 0 Å². The molecule has 0 atom stereocenters. The van der Waals surface area contributed by atoms with Crippen LogP contribution in [-0.4, -0.2) is 15.5 Å². The third-order valence-electron chi connectivity index (χ3n) is 2.98. The van der Waals surface area contributed by atoms with Crippen LogP contribution in [0.25, 0.3) is 0 Å². The molecule has 0 spiro atoms. The number of hydrogen-bond donors (Lipinski definition) is 0. The van der Waals surface area contributed by atoms with Gasteiger partial charge in [-0.1, -0.05) is 24.1 Å². The van der Waals surface area contributed by atoms with Crippen molar-refractivity contribution in [1.82, 2.24) is 0 Å². The van der Waals surface area contributed by atoms with E-state index in [2.05, 4.69) is 6.04 Å². The largest absolute Gasteiger partial charge is 0.497 e. The number of nitrogens with zero attached hydrogens (tertiary/aromatic N) is 1. The molecule has 2 rings (SSSR count). The highest BCUT2D eigenvalue weighted by Gasteiger charge is 2.23. The van der Waals surface area contributed by atoms with Crippen LogP contribution in [0.4, 0.5) is 5.69 Å². The Bertz CT molecular complexity index is 757. The highest BCUT2D eigenvalue weighted by Crippen LogP contribution is 2.25.